The van der Waals surface area contributed by atoms with Crippen molar-refractivity contribution in [3.05, 3.63) is 0 Å². The van der Waals surface area contributed by atoms with Crippen molar-refractivity contribution in [3.63, 3.8) is 0 Å². The predicted molar refractivity (Wildman–Crippen MR) is 95.8 cm³/mol. The van der Waals surface area contributed by atoms with E-state index in [4.69, 9.17) is 4.74 Å². The molecule has 130 valence electrons. The predicted octanol–water partition coefficient (Wildman–Crippen LogP) is 2.21. The topological polar surface area (TPSA) is 74.8 Å². The van der Waals surface area contributed by atoms with Gasteiger partial charge in [0.25, 0.3) is 0 Å². The summed E-state index contributed by atoms with van der Waals surface area (Å²) in [5.41, 5.74) is -0.454. The van der Waals surface area contributed by atoms with Crippen LogP contribution in [0.2, 0.25) is 0 Å². The molecule has 3 N–H and O–H groups in total. The third-order valence-electron chi connectivity index (χ3n) is 2.61. The molecule has 0 saturated heterocycles. The standard InChI is InChI=1S/C15H32N4O2S/c1-15(2,3)21-14(20)19-11-8-10-18-13(16-4)17-9-6-7-12-22-5/h6-12H2,1-5H3,(H,19,20)(H2,16,17,18). The van der Waals surface area contributed by atoms with Gasteiger partial charge in [-0.15, -0.1) is 0 Å². The molecule has 0 aliphatic heterocycles. The van der Waals surface area contributed by atoms with Crippen LogP contribution in [-0.2, 0) is 4.74 Å². The molecule has 22 heavy (non-hydrogen) atoms. The zero-order valence-corrected chi connectivity index (χ0v) is 15.4. The first-order chi connectivity index (χ1) is 10.4. The van der Waals surface area contributed by atoms with Gasteiger partial charge in [-0.2, -0.15) is 11.8 Å². The van der Waals surface area contributed by atoms with Crippen LogP contribution in [0.25, 0.3) is 0 Å². The first kappa shape index (κ1) is 20.9. The molecule has 7 heteroatoms. The molecule has 0 aliphatic carbocycles. The number of carbonyl (C=O) groups excluding carboxylic acids is 1. The van der Waals surface area contributed by atoms with Crippen molar-refractivity contribution in [2.45, 2.75) is 45.6 Å². The van der Waals surface area contributed by atoms with E-state index in [9.17, 15) is 4.79 Å². The van der Waals surface area contributed by atoms with Gasteiger partial charge >= 0.3 is 6.09 Å². The molecule has 0 heterocycles. The van der Waals surface area contributed by atoms with Gasteiger partial charge in [0.15, 0.2) is 5.96 Å². The van der Waals surface area contributed by atoms with Gasteiger partial charge in [-0.3, -0.25) is 4.99 Å². The van der Waals surface area contributed by atoms with Gasteiger partial charge in [-0.25, -0.2) is 4.79 Å². The summed E-state index contributed by atoms with van der Waals surface area (Å²) in [6.07, 6.45) is 4.92. The van der Waals surface area contributed by atoms with E-state index in [-0.39, 0.29) is 6.09 Å². The fourth-order valence-electron chi connectivity index (χ4n) is 1.60. The second-order valence-electron chi connectivity index (χ2n) is 5.91. The molecule has 0 saturated carbocycles. The lowest BCUT2D eigenvalue weighted by Gasteiger charge is -2.19. The van der Waals surface area contributed by atoms with Crippen molar-refractivity contribution in [2.24, 2.45) is 4.99 Å². The molecule has 6 nitrogen and oxygen atoms in total. The minimum Gasteiger partial charge on any atom is -0.444 e. The highest BCUT2D eigenvalue weighted by molar-refractivity contribution is 7.98. The molecular formula is C15H32N4O2S. The maximum atomic E-state index is 11.4. The van der Waals surface area contributed by atoms with Gasteiger partial charge in [0.1, 0.15) is 5.60 Å². The van der Waals surface area contributed by atoms with Gasteiger partial charge < -0.3 is 20.7 Å². The van der Waals surface area contributed by atoms with E-state index < -0.39 is 5.60 Å². The fraction of sp³-hybridized carbons (Fsp3) is 0.867. The Morgan fingerprint density at radius 3 is 2.18 bits per heavy atom. The molecule has 0 aromatic heterocycles. The van der Waals surface area contributed by atoms with Crippen LogP contribution in [0.1, 0.15) is 40.0 Å². The first-order valence-corrected chi connectivity index (χ1v) is 9.18. The number of hydrogen-bond acceptors (Lipinski definition) is 4. The summed E-state index contributed by atoms with van der Waals surface area (Å²) in [7, 11) is 1.76. The quantitative estimate of drug-likeness (QED) is 0.343. The lowest BCUT2D eigenvalue weighted by atomic mass is 10.2. The number of guanidine groups is 1. The maximum Gasteiger partial charge on any atom is 0.407 e. The summed E-state index contributed by atoms with van der Waals surface area (Å²) >= 11 is 1.87. The van der Waals surface area contributed by atoms with Gasteiger partial charge in [-0.1, -0.05) is 0 Å². The summed E-state index contributed by atoms with van der Waals surface area (Å²) in [6.45, 7) is 7.80. The van der Waals surface area contributed by atoms with Gasteiger partial charge in [0, 0.05) is 26.7 Å². The molecule has 0 fully saturated rings. The highest BCUT2D eigenvalue weighted by atomic mass is 32.2. The second-order valence-corrected chi connectivity index (χ2v) is 6.89. The molecular weight excluding hydrogens is 300 g/mol. The normalized spacial score (nSPS) is 12.0. The number of unbranched alkanes of at least 4 members (excludes halogenated alkanes) is 1. The van der Waals surface area contributed by atoms with E-state index in [0.717, 1.165) is 31.9 Å². The molecule has 0 unspecified atom stereocenters. The van der Waals surface area contributed by atoms with Crippen LogP contribution >= 0.6 is 11.8 Å². The SMILES string of the molecule is CN=C(NCCCCSC)NCCCNC(=O)OC(C)(C)C. The smallest absolute Gasteiger partial charge is 0.407 e. The monoisotopic (exact) mass is 332 g/mol. The van der Waals surface area contributed by atoms with Crippen molar-refractivity contribution in [1.29, 1.82) is 0 Å². The van der Waals surface area contributed by atoms with Gasteiger partial charge in [-0.05, 0) is 52.0 Å². The second kappa shape index (κ2) is 12.4. The molecule has 0 atom stereocenters. The van der Waals surface area contributed by atoms with Crippen LogP contribution in [0, 0.1) is 0 Å². The lowest BCUT2D eigenvalue weighted by Crippen LogP contribution is -2.39. The molecule has 0 spiro atoms. The third kappa shape index (κ3) is 13.9. The number of carbonyl (C=O) groups is 1. The Labute approximate surface area is 139 Å². The molecule has 1 amide bonds. The number of aliphatic imine (C=N–C) groups is 1. The van der Waals surface area contributed by atoms with Crippen molar-refractivity contribution in [1.82, 2.24) is 16.0 Å². The minimum absolute atomic E-state index is 0.371. The average Bonchev–Trinajstić information content (AvgIpc) is 2.42. The highest BCUT2D eigenvalue weighted by Crippen LogP contribution is 2.06. The van der Waals surface area contributed by atoms with Crippen LogP contribution in [0.5, 0.6) is 0 Å². The van der Waals surface area contributed by atoms with Crippen molar-refractivity contribution in [3.8, 4) is 0 Å². The zero-order valence-electron chi connectivity index (χ0n) is 14.6. The number of nitrogens with zero attached hydrogens (tertiary/aromatic N) is 1. The zero-order chi connectivity index (χ0) is 16.8. The molecule has 0 aliphatic rings. The summed E-state index contributed by atoms with van der Waals surface area (Å²) in [4.78, 5) is 15.6. The Morgan fingerprint density at radius 2 is 1.64 bits per heavy atom. The maximum absolute atomic E-state index is 11.4. The van der Waals surface area contributed by atoms with E-state index in [1.165, 1.54) is 12.2 Å². The molecule has 0 bridgehead atoms. The van der Waals surface area contributed by atoms with Crippen LogP contribution in [0.3, 0.4) is 0 Å². The van der Waals surface area contributed by atoms with E-state index in [1.54, 1.807) is 7.05 Å². The molecule has 0 radical (unpaired) electrons. The number of ether oxygens (including phenoxy) is 1. The van der Waals surface area contributed by atoms with Crippen LogP contribution in [-0.4, -0.2) is 56.3 Å². The Kier molecular flexibility index (Phi) is 11.8. The molecule has 0 rings (SSSR count). The third-order valence-corrected chi connectivity index (χ3v) is 3.30. The Hall–Kier alpha value is -1.11. The summed E-state index contributed by atoms with van der Waals surface area (Å²) in [5.74, 6) is 2.01. The van der Waals surface area contributed by atoms with Gasteiger partial charge in [0.05, 0.1) is 0 Å². The first-order valence-electron chi connectivity index (χ1n) is 7.79. The highest BCUT2D eigenvalue weighted by Gasteiger charge is 2.15. The summed E-state index contributed by atoms with van der Waals surface area (Å²) < 4.78 is 5.16. The van der Waals surface area contributed by atoms with Crippen molar-refractivity contribution < 1.29 is 9.53 Å². The fourth-order valence-corrected chi connectivity index (χ4v) is 2.09. The largest absolute Gasteiger partial charge is 0.444 e. The average molecular weight is 333 g/mol. The number of amides is 1. The summed E-state index contributed by atoms with van der Waals surface area (Å²) in [5, 5.41) is 9.23. The van der Waals surface area contributed by atoms with Crippen molar-refractivity contribution in [2.75, 3.05) is 38.7 Å². The van der Waals surface area contributed by atoms with E-state index in [2.05, 4.69) is 27.2 Å². The number of alkyl carbamates (subject to hydrolysis) is 1. The van der Waals surface area contributed by atoms with Crippen LogP contribution < -0.4 is 16.0 Å². The number of rotatable bonds is 9. The lowest BCUT2D eigenvalue weighted by molar-refractivity contribution is 0.0527. The number of thioether (sulfide) groups is 1. The van der Waals surface area contributed by atoms with E-state index in [1.807, 2.05) is 32.5 Å². The number of hydrogen-bond donors (Lipinski definition) is 3. The minimum atomic E-state index is -0.454. The van der Waals surface area contributed by atoms with Gasteiger partial charge in [0.2, 0.25) is 0 Å². The Balaban J connectivity index is 3.61. The molecule has 0 aromatic carbocycles. The molecule has 0 aromatic rings. The number of nitrogens with one attached hydrogen (secondary N) is 3. The summed E-state index contributed by atoms with van der Waals surface area (Å²) in [6, 6.07) is 0. The Morgan fingerprint density at radius 1 is 1.05 bits per heavy atom. The Bertz CT molecular complexity index is 330. The van der Waals surface area contributed by atoms with E-state index in [0.29, 0.717) is 6.54 Å². The van der Waals surface area contributed by atoms with E-state index >= 15 is 0 Å². The van der Waals surface area contributed by atoms with Crippen LogP contribution in [0.4, 0.5) is 4.79 Å². The van der Waals surface area contributed by atoms with Crippen LogP contribution in [0.15, 0.2) is 4.99 Å². The van der Waals surface area contributed by atoms with Crippen molar-refractivity contribution >= 4 is 23.8 Å².